The van der Waals surface area contributed by atoms with Crippen molar-refractivity contribution in [3.8, 4) is 0 Å². The Bertz CT molecular complexity index is 811. The van der Waals surface area contributed by atoms with Crippen LogP contribution < -0.4 is 10.2 Å². The molecule has 4 rings (SSSR count). The molecule has 0 unspecified atom stereocenters. The third-order valence-electron chi connectivity index (χ3n) is 5.72. The van der Waals surface area contributed by atoms with Gasteiger partial charge in [-0.2, -0.15) is 0 Å². The minimum atomic E-state index is -0.309. The molecule has 2 atom stereocenters. The van der Waals surface area contributed by atoms with Gasteiger partial charge in [0.1, 0.15) is 18.0 Å². The Balaban J connectivity index is 1.47. The molecule has 3 heterocycles. The summed E-state index contributed by atoms with van der Waals surface area (Å²) in [4.78, 5) is 17.8. The number of likely N-dealkylation sites (N-methyl/N-ethyl adjacent to an activating group) is 1. The van der Waals surface area contributed by atoms with Crippen molar-refractivity contribution in [3.05, 3.63) is 41.5 Å². The van der Waals surface area contributed by atoms with E-state index in [1.807, 2.05) is 12.3 Å². The summed E-state index contributed by atoms with van der Waals surface area (Å²) < 4.78 is 0. The largest absolute Gasteiger partial charge is 0.391 e. The number of aliphatic hydroxyl groups is 1. The van der Waals surface area contributed by atoms with Crippen molar-refractivity contribution < 1.29 is 5.11 Å². The zero-order valence-electron chi connectivity index (χ0n) is 16.8. The smallest absolute Gasteiger partial charge is 0.134 e. The summed E-state index contributed by atoms with van der Waals surface area (Å²) in [7, 11) is 4.12. The van der Waals surface area contributed by atoms with E-state index in [9.17, 15) is 5.11 Å². The minimum absolute atomic E-state index is 0.260. The fraction of sp³-hybridized carbons (Fsp3) is 0.571. The summed E-state index contributed by atoms with van der Waals surface area (Å²) in [6.07, 6.45) is 8.78. The number of nitrogens with zero attached hydrogens (tertiary/aromatic N) is 5. The minimum Gasteiger partial charge on any atom is -0.391 e. The molecule has 0 radical (unpaired) electrons. The van der Waals surface area contributed by atoms with Crippen LogP contribution in [0.25, 0.3) is 0 Å². The predicted molar refractivity (Wildman–Crippen MR) is 111 cm³/mol. The number of nitrogens with one attached hydrogen (secondary N) is 1. The van der Waals surface area contributed by atoms with Gasteiger partial charge in [0.15, 0.2) is 0 Å². The Morgan fingerprint density at radius 3 is 2.93 bits per heavy atom. The molecule has 2 N–H and O–H groups in total. The number of pyridine rings is 1. The van der Waals surface area contributed by atoms with Gasteiger partial charge in [-0.05, 0) is 63.4 Å². The van der Waals surface area contributed by atoms with Gasteiger partial charge in [-0.3, -0.25) is 4.98 Å². The van der Waals surface area contributed by atoms with Gasteiger partial charge in [-0.15, -0.1) is 0 Å². The first-order chi connectivity index (χ1) is 13.6. The zero-order valence-corrected chi connectivity index (χ0v) is 16.8. The van der Waals surface area contributed by atoms with Crippen molar-refractivity contribution in [1.29, 1.82) is 0 Å². The van der Waals surface area contributed by atoms with E-state index >= 15 is 0 Å². The highest BCUT2D eigenvalue weighted by Gasteiger charge is 2.32. The van der Waals surface area contributed by atoms with Crippen molar-refractivity contribution in [1.82, 2.24) is 19.9 Å². The SMILES string of the molecule is CN(C)C[C@H]1C[C@@H](O)CN1c1cc(NCc2nccc3c2CCCC3)ncn1. The first-order valence-electron chi connectivity index (χ1n) is 10.2. The molecule has 0 amide bonds. The highest BCUT2D eigenvalue weighted by atomic mass is 16.3. The number of anilines is 2. The standard InChI is InChI=1S/C21H30N6O/c1-26(2)12-16-9-17(28)13-27(16)21-10-20(24-14-25-21)23-11-19-18-6-4-3-5-15(18)7-8-22-19/h7-8,10,14,16-17,28H,3-6,9,11-13H2,1-2H3,(H,23,24,25)/t16-,17-/m1/s1. The number of hydrogen-bond acceptors (Lipinski definition) is 7. The summed E-state index contributed by atoms with van der Waals surface area (Å²) in [5, 5.41) is 13.6. The third-order valence-corrected chi connectivity index (χ3v) is 5.72. The molecular formula is C21H30N6O. The maximum atomic E-state index is 10.2. The number of rotatable bonds is 6. The normalized spacial score (nSPS) is 21.8. The molecule has 150 valence electrons. The second kappa shape index (κ2) is 8.41. The molecule has 1 fully saturated rings. The highest BCUT2D eigenvalue weighted by Crippen LogP contribution is 2.27. The van der Waals surface area contributed by atoms with Crippen molar-refractivity contribution in [3.63, 3.8) is 0 Å². The maximum absolute atomic E-state index is 10.2. The molecule has 2 aromatic heterocycles. The first kappa shape index (κ1) is 19.1. The molecule has 0 aromatic carbocycles. The molecule has 7 nitrogen and oxygen atoms in total. The number of aromatic nitrogens is 3. The number of aliphatic hydroxyl groups excluding tert-OH is 1. The Morgan fingerprint density at radius 2 is 2.07 bits per heavy atom. The molecule has 7 heteroatoms. The average molecular weight is 383 g/mol. The van der Waals surface area contributed by atoms with Gasteiger partial charge < -0.3 is 20.2 Å². The highest BCUT2D eigenvalue weighted by molar-refractivity contribution is 5.50. The summed E-state index contributed by atoms with van der Waals surface area (Å²) in [6, 6.07) is 4.40. The van der Waals surface area contributed by atoms with E-state index in [-0.39, 0.29) is 12.1 Å². The van der Waals surface area contributed by atoms with Crippen LogP contribution in [-0.4, -0.2) is 64.3 Å². The van der Waals surface area contributed by atoms with Gasteiger partial charge in [-0.25, -0.2) is 9.97 Å². The monoisotopic (exact) mass is 382 g/mol. The van der Waals surface area contributed by atoms with E-state index in [0.717, 1.165) is 43.1 Å². The van der Waals surface area contributed by atoms with Crippen molar-refractivity contribution >= 4 is 11.6 Å². The van der Waals surface area contributed by atoms with Gasteiger partial charge in [0.25, 0.3) is 0 Å². The lowest BCUT2D eigenvalue weighted by molar-refractivity contribution is 0.191. The van der Waals surface area contributed by atoms with Gasteiger partial charge in [-0.1, -0.05) is 0 Å². The summed E-state index contributed by atoms with van der Waals surface area (Å²) in [5.41, 5.74) is 3.97. The molecule has 1 aliphatic carbocycles. The van der Waals surface area contributed by atoms with E-state index in [0.29, 0.717) is 13.1 Å². The Labute approximate surface area is 166 Å². The Kier molecular flexibility index (Phi) is 5.73. The van der Waals surface area contributed by atoms with Gasteiger partial charge >= 0.3 is 0 Å². The van der Waals surface area contributed by atoms with Crippen LogP contribution >= 0.6 is 0 Å². The van der Waals surface area contributed by atoms with Crippen LogP contribution in [0.15, 0.2) is 24.7 Å². The molecule has 0 saturated carbocycles. The lowest BCUT2D eigenvalue weighted by Gasteiger charge is -2.27. The number of β-amino-alcohol motifs (C(OH)–C–C–N with tert-alkyl or cyclic N) is 1. The molecule has 0 bridgehead atoms. The quantitative estimate of drug-likeness (QED) is 0.790. The fourth-order valence-corrected chi connectivity index (χ4v) is 4.43. The average Bonchev–Trinajstić information content (AvgIpc) is 3.06. The molecule has 1 aliphatic heterocycles. The van der Waals surface area contributed by atoms with Crippen LogP contribution in [0.1, 0.15) is 36.1 Å². The third kappa shape index (κ3) is 4.25. The first-order valence-corrected chi connectivity index (χ1v) is 10.2. The summed E-state index contributed by atoms with van der Waals surface area (Å²) in [5.74, 6) is 1.66. The van der Waals surface area contributed by atoms with Gasteiger partial charge in [0, 0.05) is 31.4 Å². The molecule has 1 saturated heterocycles. The lowest BCUT2D eigenvalue weighted by atomic mass is 9.91. The van der Waals surface area contributed by atoms with E-state index in [4.69, 9.17) is 0 Å². The van der Waals surface area contributed by atoms with Crippen molar-refractivity contribution in [2.45, 2.75) is 50.8 Å². The van der Waals surface area contributed by atoms with E-state index < -0.39 is 0 Å². The van der Waals surface area contributed by atoms with Crippen LogP contribution in [0.4, 0.5) is 11.6 Å². The fourth-order valence-electron chi connectivity index (χ4n) is 4.43. The van der Waals surface area contributed by atoms with Crippen LogP contribution in [-0.2, 0) is 19.4 Å². The van der Waals surface area contributed by atoms with E-state index in [2.05, 4.69) is 50.2 Å². The van der Waals surface area contributed by atoms with Gasteiger partial charge in [0.05, 0.1) is 18.3 Å². The molecular weight excluding hydrogens is 352 g/mol. The predicted octanol–water partition coefficient (Wildman–Crippen LogP) is 1.86. The van der Waals surface area contributed by atoms with E-state index in [1.54, 1.807) is 6.33 Å². The van der Waals surface area contributed by atoms with Crippen molar-refractivity contribution in [2.75, 3.05) is 37.4 Å². The van der Waals surface area contributed by atoms with Crippen molar-refractivity contribution in [2.24, 2.45) is 0 Å². The van der Waals surface area contributed by atoms with Crippen LogP contribution in [0, 0.1) is 0 Å². The Morgan fingerprint density at radius 1 is 1.21 bits per heavy atom. The zero-order chi connectivity index (χ0) is 19.5. The second-order valence-electron chi connectivity index (χ2n) is 8.18. The number of fused-ring (bicyclic) bond motifs is 1. The summed E-state index contributed by atoms with van der Waals surface area (Å²) in [6.45, 7) is 2.18. The Hall–Kier alpha value is -2.25. The van der Waals surface area contributed by atoms with E-state index in [1.165, 1.54) is 24.0 Å². The molecule has 2 aromatic rings. The van der Waals surface area contributed by atoms with Gasteiger partial charge in [0.2, 0.25) is 0 Å². The lowest BCUT2D eigenvalue weighted by Crippen LogP contribution is -2.38. The topological polar surface area (TPSA) is 77.4 Å². The molecule has 0 spiro atoms. The summed E-state index contributed by atoms with van der Waals surface area (Å²) >= 11 is 0. The second-order valence-corrected chi connectivity index (χ2v) is 8.18. The number of hydrogen-bond donors (Lipinski definition) is 2. The maximum Gasteiger partial charge on any atom is 0.134 e. The van der Waals surface area contributed by atoms with Crippen LogP contribution in [0.3, 0.4) is 0 Å². The van der Waals surface area contributed by atoms with Crippen LogP contribution in [0.2, 0.25) is 0 Å². The number of aryl methyl sites for hydroxylation is 1. The van der Waals surface area contributed by atoms with Crippen LogP contribution in [0.5, 0.6) is 0 Å². The molecule has 2 aliphatic rings. The molecule has 28 heavy (non-hydrogen) atoms.